The molecule has 1 aliphatic heterocycles. The molecule has 17 heteroatoms. The largest absolute Gasteiger partial charge is 0.480 e. The Kier molecular flexibility index (Phi) is 15.4. The number of amides is 3. The zero-order valence-corrected chi connectivity index (χ0v) is 35.8. The van der Waals surface area contributed by atoms with Crippen LogP contribution in [0.2, 0.25) is 5.02 Å². The number of aryl methyl sites for hydroxylation is 1. The highest BCUT2D eigenvalue weighted by Gasteiger charge is 2.35. The molecule has 2 aromatic carbocycles. The zero-order chi connectivity index (χ0) is 43.6. The minimum absolute atomic E-state index is 0.0705. The molecule has 0 unspecified atom stereocenters. The van der Waals surface area contributed by atoms with Crippen LogP contribution in [0.4, 0.5) is 0 Å². The molecule has 0 saturated heterocycles. The number of hydrogen-bond donors (Lipinski definition) is 7. The molecule has 0 spiro atoms. The molecule has 0 bridgehead atoms. The Morgan fingerprint density at radius 1 is 0.951 bits per heavy atom. The van der Waals surface area contributed by atoms with Crippen LogP contribution < -0.4 is 33.0 Å². The number of pyridine rings is 2. The monoisotopic (exact) mass is 869 g/mol. The molecule has 61 heavy (non-hydrogen) atoms. The second-order valence-corrected chi connectivity index (χ2v) is 16.5. The van der Waals surface area contributed by atoms with Crippen molar-refractivity contribution in [3.05, 3.63) is 111 Å². The number of rotatable bonds is 12. The second kappa shape index (κ2) is 20.8. The van der Waals surface area contributed by atoms with Gasteiger partial charge in [0.15, 0.2) is 0 Å². The lowest BCUT2D eigenvalue weighted by Gasteiger charge is -2.32. The molecule has 3 amide bonds. The summed E-state index contributed by atoms with van der Waals surface area (Å²) in [6, 6.07) is 15.2. The zero-order valence-electron chi connectivity index (χ0n) is 34.2. The number of benzene rings is 2. The number of hydrogen-bond acceptors (Lipinski definition) is 10. The van der Waals surface area contributed by atoms with Gasteiger partial charge in [0, 0.05) is 66.5 Å². The molecule has 6 rings (SSSR count). The van der Waals surface area contributed by atoms with Gasteiger partial charge >= 0.3 is 5.97 Å². The minimum Gasteiger partial charge on any atom is -0.480 e. The summed E-state index contributed by atoms with van der Waals surface area (Å²) in [5.41, 5.74) is 16.2. The summed E-state index contributed by atoms with van der Waals surface area (Å²) in [5, 5.41) is 20.7. The molecule has 0 radical (unpaired) electrons. The number of para-hydroxylation sites is 1. The first-order valence-corrected chi connectivity index (χ1v) is 21.5. The van der Waals surface area contributed by atoms with Crippen molar-refractivity contribution in [1.29, 1.82) is 0 Å². The van der Waals surface area contributed by atoms with Crippen molar-refractivity contribution < 1.29 is 24.3 Å². The summed E-state index contributed by atoms with van der Waals surface area (Å²) < 4.78 is 1.09. The highest BCUT2D eigenvalue weighted by molar-refractivity contribution is 7.99. The number of carbonyl (C=O) groups is 4. The molecular formula is C44H52ClN9O6S. The van der Waals surface area contributed by atoms with Crippen molar-refractivity contribution >= 4 is 58.0 Å². The number of likely N-dealkylation sites (N-methyl/N-ethyl adjacent to an activating group) is 1. The summed E-state index contributed by atoms with van der Waals surface area (Å²) in [5.74, 6) is -2.42. The van der Waals surface area contributed by atoms with Gasteiger partial charge in [0.25, 0.3) is 5.56 Å². The van der Waals surface area contributed by atoms with E-state index in [2.05, 4.69) is 20.9 Å². The quantitative estimate of drug-likeness (QED) is 0.0883. The van der Waals surface area contributed by atoms with Gasteiger partial charge in [-0.15, -0.1) is 0 Å². The average Bonchev–Trinajstić information content (AvgIpc) is 3.56. The third kappa shape index (κ3) is 10.9. The normalized spacial score (nSPS) is 18.0. The third-order valence-electron chi connectivity index (χ3n) is 11.0. The highest BCUT2D eigenvalue weighted by Crippen LogP contribution is 2.41. The Labute approximate surface area is 363 Å². The summed E-state index contributed by atoms with van der Waals surface area (Å²) >= 11 is 8.29. The van der Waals surface area contributed by atoms with Crippen molar-refractivity contribution in [2.45, 2.75) is 93.1 Å². The van der Waals surface area contributed by atoms with Gasteiger partial charge in [-0.2, -0.15) is 0 Å². The van der Waals surface area contributed by atoms with E-state index in [9.17, 15) is 29.1 Å². The van der Waals surface area contributed by atoms with Gasteiger partial charge in [-0.25, -0.2) is 4.98 Å². The number of fused-ring (bicyclic) bond motifs is 3. The predicted octanol–water partition coefficient (Wildman–Crippen LogP) is 4.10. The van der Waals surface area contributed by atoms with E-state index < -0.39 is 48.0 Å². The van der Waals surface area contributed by atoms with Crippen molar-refractivity contribution in [1.82, 2.24) is 35.4 Å². The fourth-order valence-electron chi connectivity index (χ4n) is 7.65. The first kappa shape index (κ1) is 45.0. The van der Waals surface area contributed by atoms with Crippen LogP contribution in [0.1, 0.15) is 54.5 Å². The Hall–Kier alpha value is -5.52. The van der Waals surface area contributed by atoms with E-state index in [1.54, 1.807) is 37.5 Å². The van der Waals surface area contributed by atoms with E-state index in [0.717, 1.165) is 32.3 Å². The lowest BCUT2D eigenvalue weighted by molar-refractivity contribution is -0.142. The van der Waals surface area contributed by atoms with Crippen LogP contribution in [0, 0.1) is 6.92 Å². The van der Waals surface area contributed by atoms with Crippen LogP contribution in [-0.2, 0) is 45.2 Å². The van der Waals surface area contributed by atoms with Crippen molar-refractivity contribution in [2.75, 3.05) is 20.1 Å². The number of nitrogens with zero attached hydrogens (tertiary/aromatic N) is 3. The van der Waals surface area contributed by atoms with E-state index in [1.165, 1.54) is 28.9 Å². The summed E-state index contributed by atoms with van der Waals surface area (Å²) in [4.78, 5) is 78.4. The fourth-order valence-corrected chi connectivity index (χ4v) is 8.99. The average molecular weight is 870 g/mol. The lowest BCUT2D eigenvalue weighted by Crippen LogP contribution is -2.57. The number of halogens is 1. The fraction of sp³-hybridized carbons (Fsp3) is 0.364. The first-order valence-electron chi connectivity index (χ1n) is 20.3. The number of aromatic amines is 1. The number of unbranched alkanes of at least 4 members (excludes halogenated alkanes) is 1. The van der Waals surface area contributed by atoms with Crippen molar-refractivity contribution in [2.24, 2.45) is 11.5 Å². The molecule has 322 valence electrons. The van der Waals surface area contributed by atoms with E-state index in [4.69, 9.17) is 28.1 Å². The van der Waals surface area contributed by atoms with Crippen LogP contribution in [-0.4, -0.2) is 86.5 Å². The van der Waals surface area contributed by atoms with E-state index in [1.807, 2.05) is 37.3 Å². The van der Waals surface area contributed by atoms with Crippen LogP contribution in [0.15, 0.2) is 87.8 Å². The molecule has 3 aromatic heterocycles. The summed E-state index contributed by atoms with van der Waals surface area (Å²) in [6.07, 6.45) is 5.67. The van der Waals surface area contributed by atoms with Crippen LogP contribution in [0.25, 0.3) is 22.0 Å². The molecule has 5 aromatic rings. The van der Waals surface area contributed by atoms with Crippen molar-refractivity contribution in [3.63, 3.8) is 0 Å². The van der Waals surface area contributed by atoms with E-state index in [-0.39, 0.29) is 25.4 Å². The van der Waals surface area contributed by atoms with Crippen molar-refractivity contribution in [3.8, 4) is 11.1 Å². The maximum Gasteiger partial charge on any atom is 0.323 e. The van der Waals surface area contributed by atoms with E-state index >= 15 is 0 Å². The number of nitrogens with one attached hydrogen (secondary N) is 4. The Balaban J connectivity index is 1.50. The van der Waals surface area contributed by atoms with Gasteiger partial charge in [0.05, 0.1) is 11.1 Å². The molecule has 0 saturated carbocycles. The smallest absolute Gasteiger partial charge is 0.323 e. The van der Waals surface area contributed by atoms with Gasteiger partial charge in [0.2, 0.25) is 17.7 Å². The molecule has 1 aliphatic rings. The minimum atomic E-state index is -1.16. The van der Waals surface area contributed by atoms with Gasteiger partial charge in [0.1, 0.15) is 23.7 Å². The first-order chi connectivity index (χ1) is 29.4. The molecule has 15 nitrogen and oxygen atoms in total. The molecule has 4 heterocycles. The molecular weight excluding hydrogens is 818 g/mol. The summed E-state index contributed by atoms with van der Waals surface area (Å²) in [7, 11) is 1.58. The Bertz CT molecular complexity index is 2460. The van der Waals surface area contributed by atoms with Crippen LogP contribution in [0.3, 0.4) is 0 Å². The topological polar surface area (TPSA) is 231 Å². The standard InChI is InChI=1S/C44H52ClN9O6S/c1-26-31(30-10-3-4-11-34(30)51-26)22-37-42(59)50-24-32-29(27-16-20-54(25-39(56)57)38(55)21-27)14-15-33(45)40(32)61-43-28(9-8-19-48-43)23-49-35(13-7-18-47)41(58)52-36(12-5-6-17-46)44(60)53(37)2/h3-4,8-11,14-16,19-21,35-37,49,51H,5-7,12-13,17-18,22-25,46-47H2,1-2H3,(H,50,59)(H,52,58)(H,56,57)/t35-,36-,37-/m0/s1. The number of carboxylic acids is 1. The van der Waals surface area contributed by atoms with Gasteiger partial charge < -0.3 is 47.0 Å². The SMILES string of the molecule is Cc1[nH]c2ccccc2c1C[C@H]1C(=O)NCc2c(-c3ccn(CC(=O)O)c(=O)c3)ccc(Cl)c2Sc2ncccc2CN[C@@H](CCCN)C(=O)N[C@@H](CCCCN)C(=O)N1C. The Morgan fingerprint density at radius 3 is 2.48 bits per heavy atom. The molecule has 0 fully saturated rings. The molecule has 0 aliphatic carbocycles. The van der Waals surface area contributed by atoms with Crippen LogP contribution in [0.5, 0.6) is 0 Å². The third-order valence-corrected chi connectivity index (χ3v) is 12.6. The Morgan fingerprint density at radius 2 is 1.72 bits per heavy atom. The number of H-pyrrole nitrogens is 1. The summed E-state index contributed by atoms with van der Waals surface area (Å²) in [6.45, 7) is 2.36. The van der Waals surface area contributed by atoms with Gasteiger partial charge in [-0.3, -0.25) is 24.0 Å². The molecule has 9 N–H and O–H groups in total. The maximum atomic E-state index is 14.8. The highest BCUT2D eigenvalue weighted by atomic mass is 35.5. The second-order valence-electron chi connectivity index (χ2n) is 15.1. The number of carbonyl (C=O) groups excluding carboxylic acids is 3. The lowest BCUT2D eigenvalue weighted by atomic mass is 9.98. The number of nitrogens with two attached hydrogens (primary N) is 2. The molecule has 3 atom stereocenters. The number of aliphatic carboxylic acids is 1. The predicted molar refractivity (Wildman–Crippen MR) is 236 cm³/mol. The van der Waals surface area contributed by atoms with Gasteiger partial charge in [-0.05, 0) is 104 Å². The number of carboxylic acid groups (broad SMARTS) is 1. The van der Waals surface area contributed by atoms with E-state index in [0.29, 0.717) is 76.8 Å². The van der Waals surface area contributed by atoms with Gasteiger partial charge in [-0.1, -0.05) is 53.7 Å². The van der Waals surface area contributed by atoms with Crippen LogP contribution >= 0.6 is 23.4 Å². The maximum absolute atomic E-state index is 14.8. The number of aromatic nitrogens is 3.